The number of aryl methyl sites for hydroxylation is 1. The Morgan fingerprint density at radius 2 is 1.76 bits per heavy atom. The highest BCUT2D eigenvalue weighted by molar-refractivity contribution is 7.90. The number of benzene rings is 1. The monoisotopic (exact) mass is 489 g/mol. The molecule has 0 aliphatic carbocycles. The molecule has 1 aliphatic heterocycles. The van der Waals surface area contributed by atoms with E-state index in [0.717, 1.165) is 37.9 Å². The Bertz CT molecular complexity index is 1290. The molecule has 0 radical (unpaired) electrons. The van der Waals surface area contributed by atoms with Crippen molar-refractivity contribution in [3.8, 4) is 11.3 Å². The van der Waals surface area contributed by atoms with Gasteiger partial charge in [-0.3, -0.25) is 4.98 Å². The molecule has 2 aromatic heterocycles. The van der Waals surface area contributed by atoms with Crippen molar-refractivity contribution in [3.63, 3.8) is 0 Å². The summed E-state index contributed by atoms with van der Waals surface area (Å²) in [6.07, 6.45) is -1.47. The minimum atomic E-state index is -4.62. The van der Waals surface area contributed by atoms with E-state index in [1.807, 2.05) is 0 Å². The first-order valence-electron chi connectivity index (χ1n) is 11.2. The molecule has 0 spiro atoms. The molecule has 0 unspecified atom stereocenters. The van der Waals surface area contributed by atoms with Crippen LogP contribution in [0.3, 0.4) is 0 Å². The quantitative estimate of drug-likeness (QED) is 0.452. The van der Waals surface area contributed by atoms with Crippen molar-refractivity contribution in [1.29, 1.82) is 0 Å². The molecule has 1 saturated heterocycles. The molecule has 1 fully saturated rings. The zero-order chi connectivity index (χ0) is 24.5. The second kappa shape index (κ2) is 9.37. The number of aromatic nitrogens is 2. The Labute approximate surface area is 197 Å². The maximum atomic E-state index is 13.7. The van der Waals surface area contributed by atoms with Gasteiger partial charge in [0.2, 0.25) is 9.84 Å². The SMILES string of the molecule is Cc1ccccc1-c1nc(CS(=O)(=O)c2cccc(N3CCCC[C@@H]3C)n2)ccc1C(F)(F)F. The van der Waals surface area contributed by atoms with Crippen LogP contribution in [-0.2, 0) is 21.8 Å². The molecular weight excluding hydrogens is 463 g/mol. The van der Waals surface area contributed by atoms with Gasteiger partial charge < -0.3 is 4.90 Å². The molecule has 1 aliphatic rings. The predicted molar refractivity (Wildman–Crippen MR) is 125 cm³/mol. The highest BCUT2D eigenvalue weighted by Gasteiger charge is 2.35. The third kappa shape index (κ3) is 5.09. The third-order valence-electron chi connectivity index (χ3n) is 6.12. The summed E-state index contributed by atoms with van der Waals surface area (Å²) in [6, 6.07) is 13.7. The third-order valence-corrected chi connectivity index (χ3v) is 7.66. The molecule has 3 heterocycles. The van der Waals surface area contributed by atoms with Crippen LogP contribution in [0.1, 0.15) is 43.0 Å². The lowest BCUT2D eigenvalue weighted by Gasteiger charge is -2.34. The summed E-state index contributed by atoms with van der Waals surface area (Å²) in [5, 5.41) is -0.109. The molecule has 5 nitrogen and oxygen atoms in total. The summed E-state index contributed by atoms with van der Waals surface area (Å²) < 4.78 is 67.4. The van der Waals surface area contributed by atoms with Gasteiger partial charge in [-0.1, -0.05) is 30.3 Å². The highest BCUT2D eigenvalue weighted by atomic mass is 32.2. The topological polar surface area (TPSA) is 63.2 Å². The van der Waals surface area contributed by atoms with E-state index in [4.69, 9.17) is 0 Å². The molecule has 9 heteroatoms. The van der Waals surface area contributed by atoms with Crippen LogP contribution in [-0.4, -0.2) is 31.0 Å². The van der Waals surface area contributed by atoms with E-state index in [-0.39, 0.29) is 22.5 Å². The average molecular weight is 490 g/mol. The molecule has 0 N–H and O–H groups in total. The van der Waals surface area contributed by atoms with Gasteiger partial charge in [0.15, 0.2) is 5.03 Å². The number of anilines is 1. The van der Waals surface area contributed by atoms with Crippen molar-refractivity contribution >= 4 is 15.7 Å². The first-order chi connectivity index (χ1) is 16.1. The van der Waals surface area contributed by atoms with E-state index in [1.54, 1.807) is 43.3 Å². The van der Waals surface area contributed by atoms with Gasteiger partial charge in [-0.25, -0.2) is 13.4 Å². The van der Waals surface area contributed by atoms with Crippen LogP contribution in [0.5, 0.6) is 0 Å². The van der Waals surface area contributed by atoms with E-state index in [9.17, 15) is 21.6 Å². The van der Waals surface area contributed by atoms with Crippen LogP contribution in [0.15, 0.2) is 59.6 Å². The molecule has 0 amide bonds. The standard InChI is InChI=1S/C25H26F3N3O2S/c1-17-8-3-4-10-20(17)24-21(25(26,27)28)14-13-19(29-24)16-34(32,33)23-12-7-11-22(30-23)31-15-6-5-9-18(31)2/h3-4,7-8,10-14,18H,5-6,9,15-16H2,1-2H3/t18-/m0/s1. The zero-order valence-corrected chi connectivity index (χ0v) is 19.8. The Hall–Kier alpha value is -2.94. The van der Waals surface area contributed by atoms with E-state index in [2.05, 4.69) is 21.8 Å². The highest BCUT2D eigenvalue weighted by Crippen LogP contribution is 2.37. The van der Waals surface area contributed by atoms with Crippen molar-refractivity contribution in [1.82, 2.24) is 9.97 Å². The van der Waals surface area contributed by atoms with Crippen molar-refractivity contribution in [2.75, 3.05) is 11.4 Å². The Morgan fingerprint density at radius 1 is 1.00 bits per heavy atom. The lowest BCUT2D eigenvalue weighted by Crippen LogP contribution is -2.38. The van der Waals surface area contributed by atoms with E-state index in [0.29, 0.717) is 16.9 Å². The minimum Gasteiger partial charge on any atom is -0.354 e. The van der Waals surface area contributed by atoms with Crippen molar-refractivity contribution in [3.05, 3.63) is 71.4 Å². The molecule has 3 aromatic rings. The second-order valence-corrected chi connectivity index (χ2v) is 10.6. The van der Waals surface area contributed by atoms with Crippen molar-refractivity contribution in [2.24, 2.45) is 0 Å². The van der Waals surface area contributed by atoms with Gasteiger partial charge in [0, 0.05) is 18.2 Å². The number of alkyl halides is 3. The van der Waals surface area contributed by atoms with E-state index < -0.39 is 27.3 Å². The fourth-order valence-corrected chi connectivity index (χ4v) is 5.51. The van der Waals surface area contributed by atoms with Crippen LogP contribution >= 0.6 is 0 Å². The lowest BCUT2D eigenvalue weighted by atomic mass is 10.0. The number of sulfone groups is 1. The number of pyridine rings is 2. The molecule has 1 aromatic carbocycles. The van der Waals surface area contributed by atoms with Gasteiger partial charge in [-0.15, -0.1) is 0 Å². The van der Waals surface area contributed by atoms with Crippen LogP contribution < -0.4 is 4.90 Å². The van der Waals surface area contributed by atoms with Crippen LogP contribution in [0, 0.1) is 6.92 Å². The number of hydrogen-bond acceptors (Lipinski definition) is 5. The minimum absolute atomic E-state index is 0.0322. The maximum absolute atomic E-state index is 13.7. The van der Waals surface area contributed by atoms with Gasteiger partial charge >= 0.3 is 6.18 Å². The number of hydrogen-bond donors (Lipinski definition) is 0. The number of nitrogens with zero attached hydrogens (tertiary/aromatic N) is 3. The molecule has 1 atom stereocenters. The van der Waals surface area contributed by atoms with Gasteiger partial charge in [-0.2, -0.15) is 13.2 Å². The second-order valence-electron chi connectivity index (χ2n) is 8.64. The first-order valence-corrected chi connectivity index (χ1v) is 12.8. The number of piperidine rings is 1. The molecule has 0 saturated carbocycles. The average Bonchev–Trinajstić information content (AvgIpc) is 2.79. The van der Waals surface area contributed by atoms with Gasteiger partial charge in [-0.05, 0) is 62.9 Å². The number of halogens is 3. The Morgan fingerprint density at radius 3 is 2.47 bits per heavy atom. The first kappa shape index (κ1) is 24.2. The fraction of sp³-hybridized carbons (Fsp3) is 0.360. The fourth-order valence-electron chi connectivity index (χ4n) is 4.30. The van der Waals surface area contributed by atoms with Gasteiger partial charge in [0.1, 0.15) is 5.82 Å². The van der Waals surface area contributed by atoms with E-state index >= 15 is 0 Å². The lowest BCUT2D eigenvalue weighted by molar-refractivity contribution is -0.137. The molecule has 0 bridgehead atoms. The predicted octanol–water partition coefficient (Wildman–Crippen LogP) is 5.82. The molecule has 34 heavy (non-hydrogen) atoms. The van der Waals surface area contributed by atoms with Crippen LogP contribution in [0.4, 0.5) is 19.0 Å². The summed E-state index contributed by atoms with van der Waals surface area (Å²) in [4.78, 5) is 10.7. The molecular formula is C25H26F3N3O2S. The van der Waals surface area contributed by atoms with Gasteiger partial charge in [0.05, 0.1) is 22.7 Å². The molecule has 4 rings (SSSR count). The zero-order valence-electron chi connectivity index (χ0n) is 19.0. The van der Waals surface area contributed by atoms with Crippen molar-refractivity contribution < 1.29 is 21.6 Å². The van der Waals surface area contributed by atoms with Crippen LogP contribution in [0.2, 0.25) is 0 Å². The summed E-state index contributed by atoms with van der Waals surface area (Å²) in [5.74, 6) is 0.0463. The summed E-state index contributed by atoms with van der Waals surface area (Å²) in [5.41, 5.74) is -0.215. The summed E-state index contributed by atoms with van der Waals surface area (Å²) >= 11 is 0. The van der Waals surface area contributed by atoms with Gasteiger partial charge in [0.25, 0.3) is 0 Å². The largest absolute Gasteiger partial charge is 0.418 e. The van der Waals surface area contributed by atoms with Crippen molar-refractivity contribution in [2.45, 2.75) is 56.1 Å². The smallest absolute Gasteiger partial charge is 0.354 e. The summed E-state index contributed by atoms with van der Waals surface area (Å²) in [6.45, 7) is 4.58. The molecule has 180 valence electrons. The van der Waals surface area contributed by atoms with E-state index in [1.165, 1.54) is 6.07 Å². The van der Waals surface area contributed by atoms with Crippen LogP contribution in [0.25, 0.3) is 11.3 Å². The summed E-state index contributed by atoms with van der Waals surface area (Å²) in [7, 11) is -3.93. The Balaban J connectivity index is 1.69. The Kier molecular flexibility index (Phi) is 6.66. The maximum Gasteiger partial charge on any atom is 0.418 e. The normalized spacial score (nSPS) is 17.1. The number of rotatable bonds is 5.